The molecule has 0 heterocycles. The first-order valence-electron chi connectivity index (χ1n) is 3.51. The second-order valence-electron chi connectivity index (χ2n) is 2.02. The van der Waals surface area contributed by atoms with Gasteiger partial charge in [-0.1, -0.05) is 31.4 Å². The fourth-order valence-electron chi connectivity index (χ4n) is 0.597. The lowest BCUT2D eigenvalue weighted by Crippen LogP contribution is -2.03. The van der Waals surface area contributed by atoms with E-state index in [4.69, 9.17) is 0 Å². The van der Waals surface area contributed by atoms with E-state index in [1.54, 1.807) is 0 Å². The highest BCUT2D eigenvalue weighted by Crippen LogP contribution is 2.09. The smallest absolute Gasteiger partial charge is 0.270 e. The van der Waals surface area contributed by atoms with Gasteiger partial charge in [-0.15, -0.1) is 0 Å². The average Bonchev–Trinajstić information content (AvgIpc) is 2.12. The standard InChI is InChI=1S/C9H12O3S/c1-4-6-8-9(7-5-2)13(10,11)12-3/h4-8H,1-2H2,3H3/b8-6-,9-7+. The maximum atomic E-state index is 11.2. The van der Waals surface area contributed by atoms with Crippen molar-refractivity contribution in [1.29, 1.82) is 0 Å². The van der Waals surface area contributed by atoms with Crippen molar-refractivity contribution >= 4 is 10.1 Å². The summed E-state index contributed by atoms with van der Waals surface area (Å²) in [6, 6.07) is 0. The Balaban J connectivity index is 5.05. The van der Waals surface area contributed by atoms with Crippen LogP contribution in [0.2, 0.25) is 0 Å². The van der Waals surface area contributed by atoms with Crippen molar-refractivity contribution in [3.8, 4) is 0 Å². The van der Waals surface area contributed by atoms with Gasteiger partial charge in [-0.25, -0.2) is 0 Å². The highest BCUT2D eigenvalue weighted by atomic mass is 32.2. The van der Waals surface area contributed by atoms with E-state index >= 15 is 0 Å². The van der Waals surface area contributed by atoms with Crippen LogP contribution < -0.4 is 0 Å². The van der Waals surface area contributed by atoms with Gasteiger partial charge in [0.25, 0.3) is 10.1 Å². The topological polar surface area (TPSA) is 43.4 Å². The third kappa shape index (κ3) is 3.87. The summed E-state index contributed by atoms with van der Waals surface area (Å²) in [5.41, 5.74) is 0. The molecule has 0 N–H and O–H groups in total. The van der Waals surface area contributed by atoms with Crippen molar-refractivity contribution in [2.45, 2.75) is 0 Å². The summed E-state index contributed by atoms with van der Waals surface area (Å²) in [6.45, 7) is 6.83. The maximum Gasteiger partial charge on any atom is 0.296 e. The van der Waals surface area contributed by atoms with Crippen LogP contribution in [0.3, 0.4) is 0 Å². The minimum Gasteiger partial charge on any atom is -0.270 e. The van der Waals surface area contributed by atoms with Gasteiger partial charge in [-0.3, -0.25) is 4.18 Å². The fraction of sp³-hybridized carbons (Fsp3) is 0.111. The Kier molecular flexibility index (Phi) is 5.03. The molecule has 0 aliphatic heterocycles. The Morgan fingerprint density at radius 2 is 1.92 bits per heavy atom. The first-order valence-corrected chi connectivity index (χ1v) is 4.91. The first-order chi connectivity index (χ1) is 6.08. The van der Waals surface area contributed by atoms with Crippen LogP contribution in [-0.4, -0.2) is 15.5 Å². The summed E-state index contributed by atoms with van der Waals surface area (Å²) >= 11 is 0. The van der Waals surface area contributed by atoms with Gasteiger partial charge in [0, 0.05) is 0 Å². The summed E-state index contributed by atoms with van der Waals surface area (Å²) in [7, 11) is -2.53. The molecular weight excluding hydrogens is 188 g/mol. The van der Waals surface area contributed by atoms with Crippen LogP contribution in [0.4, 0.5) is 0 Å². The van der Waals surface area contributed by atoms with Crippen LogP contribution in [0.25, 0.3) is 0 Å². The summed E-state index contributed by atoms with van der Waals surface area (Å²) in [6.07, 6.45) is 7.08. The van der Waals surface area contributed by atoms with E-state index in [1.807, 2.05) is 0 Å². The molecule has 4 heteroatoms. The number of rotatable bonds is 5. The zero-order valence-electron chi connectivity index (χ0n) is 7.43. The minimum absolute atomic E-state index is 0.0462. The summed E-state index contributed by atoms with van der Waals surface area (Å²) in [4.78, 5) is 0.0462. The summed E-state index contributed by atoms with van der Waals surface area (Å²) < 4.78 is 26.7. The van der Waals surface area contributed by atoms with Gasteiger partial charge >= 0.3 is 0 Å². The zero-order chi connectivity index (χ0) is 10.3. The normalized spacial score (nSPS) is 13.2. The molecule has 0 fully saturated rings. The van der Waals surface area contributed by atoms with E-state index in [2.05, 4.69) is 17.3 Å². The number of hydrogen-bond donors (Lipinski definition) is 0. The summed E-state index contributed by atoms with van der Waals surface area (Å²) in [5, 5.41) is 0. The molecule has 0 aliphatic carbocycles. The Hall–Kier alpha value is -1.13. The Labute approximate surface area is 78.8 Å². The van der Waals surface area contributed by atoms with Crippen molar-refractivity contribution in [3.05, 3.63) is 48.4 Å². The molecule has 0 aromatic carbocycles. The molecule has 0 saturated carbocycles. The molecule has 3 nitrogen and oxygen atoms in total. The van der Waals surface area contributed by atoms with Gasteiger partial charge in [-0.05, 0) is 12.2 Å². The van der Waals surface area contributed by atoms with E-state index in [1.165, 1.54) is 30.4 Å². The lowest BCUT2D eigenvalue weighted by Gasteiger charge is -1.99. The molecule has 0 bridgehead atoms. The average molecular weight is 200 g/mol. The molecule has 0 atom stereocenters. The maximum absolute atomic E-state index is 11.2. The molecule has 0 aliphatic rings. The van der Waals surface area contributed by atoms with Crippen molar-refractivity contribution in [2.75, 3.05) is 7.11 Å². The van der Waals surface area contributed by atoms with Crippen LogP contribution in [0.5, 0.6) is 0 Å². The zero-order valence-corrected chi connectivity index (χ0v) is 8.25. The van der Waals surface area contributed by atoms with E-state index in [-0.39, 0.29) is 4.91 Å². The van der Waals surface area contributed by atoms with Crippen LogP contribution in [0, 0.1) is 0 Å². The highest BCUT2D eigenvalue weighted by molar-refractivity contribution is 7.90. The fourth-order valence-corrected chi connectivity index (χ4v) is 1.30. The quantitative estimate of drug-likeness (QED) is 0.502. The monoisotopic (exact) mass is 200 g/mol. The number of hydrogen-bond acceptors (Lipinski definition) is 3. The molecular formula is C9H12O3S. The SMILES string of the molecule is C=C/C=C\C(=C/C=C)S(=O)(=O)OC. The predicted octanol–water partition coefficient (Wildman–Crippen LogP) is 1.77. The van der Waals surface area contributed by atoms with Crippen LogP contribution in [0.15, 0.2) is 48.4 Å². The first kappa shape index (κ1) is 11.9. The predicted molar refractivity (Wildman–Crippen MR) is 53.5 cm³/mol. The minimum atomic E-state index is -3.64. The second kappa shape index (κ2) is 5.50. The van der Waals surface area contributed by atoms with Crippen LogP contribution in [-0.2, 0) is 14.3 Å². The molecule has 0 aromatic rings. The van der Waals surface area contributed by atoms with Gasteiger partial charge in [0.15, 0.2) is 0 Å². The third-order valence-electron chi connectivity index (χ3n) is 1.19. The van der Waals surface area contributed by atoms with Crippen molar-refractivity contribution < 1.29 is 12.6 Å². The Morgan fingerprint density at radius 1 is 1.31 bits per heavy atom. The van der Waals surface area contributed by atoms with Gasteiger partial charge in [0.05, 0.1) is 12.0 Å². The lowest BCUT2D eigenvalue weighted by molar-refractivity contribution is 0.404. The highest BCUT2D eigenvalue weighted by Gasteiger charge is 2.12. The Bertz CT molecular complexity index is 334. The van der Waals surface area contributed by atoms with Crippen molar-refractivity contribution in [1.82, 2.24) is 0 Å². The summed E-state index contributed by atoms with van der Waals surface area (Å²) in [5.74, 6) is 0. The molecule has 72 valence electrons. The molecule has 0 unspecified atom stereocenters. The molecule has 13 heavy (non-hydrogen) atoms. The van der Waals surface area contributed by atoms with Crippen LogP contribution in [0.1, 0.15) is 0 Å². The van der Waals surface area contributed by atoms with Gasteiger partial charge in [0.1, 0.15) is 0 Å². The van der Waals surface area contributed by atoms with E-state index in [0.29, 0.717) is 0 Å². The molecule has 0 aromatic heterocycles. The molecule has 0 rings (SSSR count). The molecule has 0 spiro atoms. The van der Waals surface area contributed by atoms with E-state index < -0.39 is 10.1 Å². The molecule has 0 radical (unpaired) electrons. The lowest BCUT2D eigenvalue weighted by atomic mass is 10.4. The van der Waals surface area contributed by atoms with Crippen molar-refractivity contribution in [3.63, 3.8) is 0 Å². The molecule has 0 amide bonds. The van der Waals surface area contributed by atoms with Gasteiger partial charge in [0.2, 0.25) is 0 Å². The Morgan fingerprint density at radius 3 is 2.31 bits per heavy atom. The van der Waals surface area contributed by atoms with Crippen molar-refractivity contribution in [2.24, 2.45) is 0 Å². The largest absolute Gasteiger partial charge is 0.296 e. The van der Waals surface area contributed by atoms with Gasteiger partial charge in [-0.2, -0.15) is 8.42 Å². The van der Waals surface area contributed by atoms with Gasteiger partial charge < -0.3 is 0 Å². The van der Waals surface area contributed by atoms with E-state index in [9.17, 15) is 8.42 Å². The van der Waals surface area contributed by atoms with Crippen LogP contribution >= 0.6 is 0 Å². The number of allylic oxidation sites excluding steroid dienone is 5. The third-order valence-corrected chi connectivity index (χ3v) is 2.48. The molecule has 0 saturated heterocycles. The van der Waals surface area contributed by atoms with E-state index in [0.717, 1.165) is 7.11 Å². The second-order valence-corrected chi connectivity index (χ2v) is 3.73.